The number of hydrogen-bond donors (Lipinski definition) is 1. The minimum atomic E-state index is -0.548. The van der Waals surface area contributed by atoms with Crippen molar-refractivity contribution in [2.75, 3.05) is 41.3 Å². The Morgan fingerprint density at radius 1 is 0.955 bits per heavy atom. The summed E-state index contributed by atoms with van der Waals surface area (Å²) in [7, 11) is 8.22. The summed E-state index contributed by atoms with van der Waals surface area (Å²) >= 11 is 0. The van der Waals surface area contributed by atoms with E-state index in [9.17, 15) is 4.79 Å². The van der Waals surface area contributed by atoms with Gasteiger partial charge in [0.2, 0.25) is 5.91 Å². The number of carbonyl (C=O) groups is 1. The summed E-state index contributed by atoms with van der Waals surface area (Å²) in [6.07, 6.45) is 3.54. The average Bonchev–Trinajstić information content (AvgIpc) is 2.45. The van der Waals surface area contributed by atoms with Crippen molar-refractivity contribution in [2.45, 2.75) is 31.1 Å². The molecule has 1 aromatic rings. The fraction of sp³-hybridized carbons (Fsp3) is 0.611. The second-order valence-corrected chi connectivity index (χ2v) is 6.63. The number of primary amides is 1. The first-order valence-electron chi connectivity index (χ1n) is 8.03. The molecule has 0 aliphatic heterocycles. The highest BCUT2D eigenvalue weighted by molar-refractivity contribution is 5.86. The number of nitrogens with two attached hydrogens (primary N) is 1. The highest BCUT2D eigenvalue weighted by Gasteiger charge is 2.37. The highest BCUT2D eigenvalue weighted by atomic mass is 16.1. The van der Waals surface area contributed by atoms with Crippen LogP contribution in [0.5, 0.6) is 0 Å². The lowest BCUT2D eigenvalue weighted by molar-refractivity contribution is -0.124. The van der Waals surface area contributed by atoms with Crippen LogP contribution in [0.2, 0.25) is 0 Å². The van der Waals surface area contributed by atoms with Gasteiger partial charge in [0, 0.05) is 0 Å². The second-order valence-electron chi connectivity index (χ2n) is 6.63. The van der Waals surface area contributed by atoms with E-state index < -0.39 is 5.41 Å². The standard InChI is InChI=1S/C18H31N3O/c1-20(2)14-8-12-18(17(19)22,13-9-15-21(3)4)16-10-6-5-7-11-16/h5-7,10-11H,8-9,12-15H2,1-4H3,(H2,19,22). The molecule has 0 saturated heterocycles. The monoisotopic (exact) mass is 305 g/mol. The first-order chi connectivity index (χ1) is 10.4. The lowest BCUT2D eigenvalue weighted by atomic mass is 9.72. The van der Waals surface area contributed by atoms with Crippen LogP contribution in [0.1, 0.15) is 31.2 Å². The van der Waals surface area contributed by atoms with E-state index in [0.717, 1.165) is 44.3 Å². The number of hydrogen-bond acceptors (Lipinski definition) is 3. The molecule has 4 heteroatoms. The Labute approximate surface area is 135 Å². The summed E-state index contributed by atoms with van der Waals surface area (Å²) in [4.78, 5) is 16.7. The van der Waals surface area contributed by atoms with E-state index in [1.165, 1.54) is 0 Å². The predicted octanol–water partition coefficient (Wildman–Crippen LogP) is 2.09. The van der Waals surface area contributed by atoms with E-state index in [1.807, 2.05) is 30.3 Å². The summed E-state index contributed by atoms with van der Waals surface area (Å²) in [6.45, 7) is 1.94. The van der Waals surface area contributed by atoms with Gasteiger partial charge in [-0.05, 0) is 72.5 Å². The molecule has 0 saturated carbocycles. The molecule has 0 aromatic heterocycles. The Bertz CT molecular complexity index is 429. The molecule has 0 aliphatic carbocycles. The first kappa shape index (κ1) is 18.7. The van der Waals surface area contributed by atoms with Crippen LogP contribution in [0.25, 0.3) is 0 Å². The van der Waals surface area contributed by atoms with Gasteiger partial charge in [0.1, 0.15) is 0 Å². The molecule has 4 nitrogen and oxygen atoms in total. The maximum absolute atomic E-state index is 12.4. The SMILES string of the molecule is CN(C)CCCC(CCCN(C)C)(C(N)=O)c1ccccc1. The van der Waals surface area contributed by atoms with Gasteiger partial charge in [-0.3, -0.25) is 4.79 Å². The molecule has 1 amide bonds. The molecule has 0 fully saturated rings. The minimum Gasteiger partial charge on any atom is -0.369 e. The minimum absolute atomic E-state index is 0.198. The summed E-state index contributed by atoms with van der Waals surface area (Å²) < 4.78 is 0. The molecule has 22 heavy (non-hydrogen) atoms. The second kappa shape index (κ2) is 8.91. The molecular formula is C18H31N3O. The first-order valence-corrected chi connectivity index (χ1v) is 8.03. The number of benzene rings is 1. The molecule has 124 valence electrons. The molecule has 1 aromatic carbocycles. The largest absolute Gasteiger partial charge is 0.369 e. The van der Waals surface area contributed by atoms with E-state index in [-0.39, 0.29) is 5.91 Å². The zero-order chi connectivity index (χ0) is 16.6. The molecule has 0 spiro atoms. The smallest absolute Gasteiger partial charge is 0.228 e. The van der Waals surface area contributed by atoms with Crippen LogP contribution >= 0.6 is 0 Å². The van der Waals surface area contributed by atoms with Crippen molar-refractivity contribution in [3.63, 3.8) is 0 Å². The van der Waals surface area contributed by atoms with E-state index in [0.29, 0.717) is 0 Å². The van der Waals surface area contributed by atoms with Crippen LogP contribution in [0, 0.1) is 0 Å². The quantitative estimate of drug-likeness (QED) is 0.720. The van der Waals surface area contributed by atoms with Gasteiger partial charge in [0.15, 0.2) is 0 Å². The van der Waals surface area contributed by atoms with Crippen molar-refractivity contribution in [1.29, 1.82) is 0 Å². The Morgan fingerprint density at radius 3 is 1.77 bits per heavy atom. The van der Waals surface area contributed by atoms with Crippen LogP contribution in [0.4, 0.5) is 0 Å². The van der Waals surface area contributed by atoms with Gasteiger partial charge in [0.05, 0.1) is 5.41 Å². The lowest BCUT2D eigenvalue weighted by Gasteiger charge is -2.32. The summed E-state index contributed by atoms with van der Waals surface area (Å²) in [6, 6.07) is 10.0. The Kier molecular flexibility index (Phi) is 7.56. The van der Waals surface area contributed by atoms with E-state index >= 15 is 0 Å². The van der Waals surface area contributed by atoms with E-state index in [4.69, 9.17) is 5.73 Å². The Morgan fingerprint density at radius 2 is 1.41 bits per heavy atom. The van der Waals surface area contributed by atoms with Crippen LogP contribution < -0.4 is 5.73 Å². The molecule has 0 heterocycles. The topological polar surface area (TPSA) is 49.6 Å². The third kappa shape index (κ3) is 5.43. The van der Waals surface area contributed by atoms with Crippen molar-refractivity contribution in [1.82, 2.24) is 9.80 Å². The number of amides is 1. The highest BCUT2D eigenvalue weighted by Crippen LogP contribution is 2.34. The average molecular weight is 305 g/mol. The van der Waals surface area contributed by atoms with Gasteiger partial charge in [0.25, 0.3) is 0 Å². The van der Waals surface area contributed by atoms with Crippen molar-refractivity contribution in [2.24, 2.45) is 5.73 Å². The van der Waals surface area contributed by atoms with Crippen LogP contribution in [0.3, 0.4) is 0 Å². The zero-order valence-electron chi connectivity index (χ0n) is 14.5. The molecule has 0 unspecified atom stereocenters. The molecule has 1 rings (SSSR count). The van der Waals surface area contributed by atoms with Crippen molar-refractivity contribution >= 4 is 5.91 Å². The van der Waals surface area contributed by atoms with Gasteiger partial charge in [-0.2, -0.15) is 0 Å². The molecular weight excluding hydrogens is 274 g/mol. The van der Waals surface area contributed by atoms with E-state index in [1.54, 1.807) is 0 Å². The van der Waals surface area contributed by atoms with Crippen molar-refractivity contribution in [3.05, 3.63) is 35.9 Å². The maximum atomic E-state index is 12.4. The third-order valence-corrected chi connectivity index (χ3v) is 4.22. The van der Waals surface area contributed by atoms with Gasteiger partial charge in [-0.25, -0.2) is 0 Å². The van der Waals surface area contributed by atoms with Gasteiger partial charge in [-0.1, -0.05) is 30.3 Å². The Hall–Kier alpha value is -1.39. The predicted molar refractivity (Wildman–Crippen MR) is 92.9 cm³/mol. The fourth-order valence-corrected chi connectivity index (χ4v) is 2.95. The summed E-state index contributed by atoms with van der Waals surface area (Å²) in [5, 5.41) is 0. The number of carbonyl (C=O) groups excluding carboxylic acids is 1. The van der Waals surface area contributed by atoms with Gasteiger partial charge >= 0.3 is 0 Å². The van der Waals surface area contributed by atoms with Crippen LogP contribution in [0.15, 0.2) is 30.3 Å². The van der Waals surface area contributed by atoms with Crippen molar-refractivity contribution in [3.8, 4) is 0 Å². The summed E-state index contributed by atoms with van der Waals surface area (Å²) in [5.74, 6) is -0.198. The van der Waals surface area contributed by atoms with Crippen LogP contribution in [-0.4, -0.2) is 57.0 Å². The van der Waals surface area contributed by atoms with Crippen LogP contribution in [-0.2, 0) is 10.2 Å². The molecule has 0 aliphatic rings. The fourth-order valence-electron chi connectivity index (χ4n) is 2.95. The molecule has 0 radical (unpaired) electrons. The molecule has 0 atom stereocenters. The van der Waals surface area contributed by atoms with Crippen molar-refractivity contribution < 1.29 is 4.79 Å². The maximum Gasteiger partial charge on any atom is 0.228 e. The zero-order valence-corrected chi connectivity index (χ0v) is 14.5. The van der Waals surface area contributed by atoms with Gasteiger partial charge in [-0.15, -0.1) is 0 Å². The molecule has 0 bridgehead atoms. The summed E-state index contributed by atoms with van der Waals surface area (Å²) in [5.41, 5.74) is 6.38. The van der Waals surface area contributed by atoms with E-state index in [2.05, 4.69) is 38.0 Å². The normalized spacial score (nSPS) is 12.1. The lowest BCUT2D eigenvalue weighted by Crippen LogP contribution is -2.42. The third-order valence-electron chi connectivity index (χ3n) is 4.22. The van der Waals surface area contributed by atoms with Gasteiger partial charge < -0.3 is 15.5 Å². The number of rotatable bonds is 10. The number of nitrogens with zero attached hydrogens (tertiary/aromatic N) is 2. The Balaban J connectivity index is 2.95. The molecule has 2 N–H and O–H groups in total.